The number of benzene rings is 2. The predicted molar refractivity (Wildman–Crippen MR) is 105 cm³/mol. The summed E-state index contributed by atoms with van der Waals surface area (Å²) < 4.78 is 12.4. The van der Waals surface area contributed by atoms with E-state index in [2.05, 4.69) is 13.0 Å². The monoisotopic (exact) mass is 353 g/mol. The van der Waals surface area contributed by atoms with E-state index in [1.54, 1.807) is 11.8 Å². The first-order valence-electron chi connectivity index (χ1n) is 8.66. The molecule has 130 valence electrons. The van der Waals surface area contributed by atoms with E-state index in [-0.39, 0.29) is 5.91 Å². The molecule has 0 saturated carbocycles. The highest BCUT2D eigenvalue weighted by atomic mass is 32.2. The number of carbonyl (C=O) groups is 1. The quantitative estimate of drug-likeness (QED) is 0.752. The molecule has 1 unspecified atom stereocenters. The van der Waals surface area contributed by atoms with Gasteiger partial charge >= 0.3 is 0 Å². The number of rotatable bonds is 4. The Balaban J connectivity index is 2.00. The maximum atomic E-state index is 12.4. The third-order valence-electron chi connectivity index (χ3n) is 4.44. The van der Waals surface area contributed by atoms with Gasteiger partial charge in [-0.3, -0.25) is 4.79 Å². The van der Waals surface area contributed by atoms with Gasteiger partial charge in [0.25, 0.3) is 0 Å². The molecule has 1 amide bonds. The minimum Gasteiger partial charge on any atom is -0.611 e. The zero-order valence-corrected chi connectivity index (χ0v) is 15.5. The second-order valence-electron chi connectivity index (χ2n) is 6.26. The van der Waals surface area contributed by atoms with Gasteiger partial charge in [0.15, 0.2) is 4.90 Å². The molecule has 2 aromatic rings. The number of fused-ring (bicyclic) bond motifs is 2. The second kappa shape index (κ2) is 7.89. The Morgan fingerprint density at radius 2 is 1.92 bits per heavy atom. The Kier molecular flexibility index (Phi) is 5.61. The average Bonchev–Trinajstić information content (AvgIpc) is 2.61. The van der Waals surface area contributed by atoms with Gasteiger partial charge in [0.05, 0.1) is 12.2 Å². The molecule has 0 aliphatic carbocycles. The van der Waals surface area contributed by atoms with E-state index in [0.717, 1.165) is 40.1 Å². The van der Waals surface area contributed by atoms with Crippen molar-refractivity contribution in [1.29, 1.82) is 0 Å². The molecule has 2 aromatic carbocycles. The summed E-state index contributed by atoms with van der Waals surface area (Å²) in [5, 5.41) is 0. The van der Waals surface area contributed by atoms with Crippen molar-refractivity contribution in [3.8, 4) is 0 Å². The number of carbonyl (C=O) groups excluding carboxylic acids is 1. The molecule has 0 aromatic heterocycles. The van der Waals surface area contributed by atoms with Crippen LogP contribution in [0.1, 0.15) is 43.4 Å². The number of unbranched alkanes of at least 4 members (excludes halogenated alkanes) is 1. The second-order valence-corrected chi connectivity index (χ2v) is 7.83. The number of anilines is 1. The maximum absolute atomic E-state index is 12.4. The molecular formula is C21H23NO2S. The van der Waals surface area contributed by atoms with Crippen LogP contribution in [0.15, 0.2) is 47.4 Å². The van der Waals surface area contributed by atoms with Crippen molar-refractivity contribution in [3.63, 3.8) is 0 Å². The van der Waals surface area contributed by atoms with Crippen LogP contribution in [-0.2, 0) is 22.5 Å². The van der Waals surface area contributed by atoms with Gasteiger partial charge in [-0.15, -0.1) is 0 Å². The highest BCUT2D eigenvalue weighted by molar-refractivity contribution is 7.91. The molecule has 0 saturated heterocycles. The Morgan fingerprint density at radius 3 is 2.68 bits per heavy atom. The SMILES string of the molecule is CCCC[S+]([O-])c1ccc2c(c1)/C=C\c1ccccc1N(C(C)=O)C2. The fourth-order valence-electron chi connectivity index (χ4n) is 3.00. The maximum Gasteiger partial charge on any atom is 0.224 e. The summed E-state index contributed by atoms with van der Waals surface area (Å²) in [7, 11) is 0. The number of nitrogens with zero attached hydrogens (tertiary/aromatic N) is 1. The van der Waals surface area contributed by atoms with Gasteiger partial charge in [0.2, 0.25) is 5.91 Å². The van der Waals surface area contributed by atoms with Gasteiger partial charge in [-0.1, -0.05) is 49.8 Å². The Morgan fingerprint density at radius 1 is 1.16 bits per heavy atom. The molecule has 0 fully saturated rings. The minimum absolute atomic E-state index is 0.0179. The Bertz CT molecular complexity index is 800. The van der Waals surface area contributed by atoms with E-state index in [1.165, 1.54) is 0 Å². The summed E-state index contributed by atoms with van der Waals surface area (Å²) in [6, 6.07) is 13.8. The first-order valence-corrected chi connectivity index (χ1v) is 9.98. The predicted octanol–water partition coefficient (Wildman–Crippen LogP) is 4.63. The minimum atomic E-state index is -0.968. The topological polar surface area (TPSA) is 43.4 Å². The molecule has 1 aliphatic rings. The van der Waals surface area contributed by atoms with Gasteiger partial charge in [-0.05, 0) is 46.4 Å². The number of hydrogen-bond acceptors (Lipinski definition) is 2. The van der Waals surface area contributed by atoms with Crippen LogP contribution in [0.4, 0.5) is 5.69 Å². The molecule has 0 spiro atoms. The lowest BCUT2D eigenvalue weighted by atomic mass is 10.0. The summed E-state index contributed by atoms with van der Waals surface area (Å²) in [5.41, 5.74) is 4.04. The zero-order valence-electron chi connectivity index (χ0n) is 14.7. The van der Waals surface area contributed by atoms with Crippen LogP contribution in [0.25, 0.3) is 12.2 Å². The summed E-state index contributed by atoms with van der Waals surface area (Å²) in [6.45, 7) is 4.22. The summed E-state index contributed by atoms with van der Waals surface area (Å²) in [4.78, 5) is 14.8. The molecule has 25 heavy (non-hydrogen) atoms. The molecule has 0 radical (unpaired) electrons. The molecular weight excluding hydrogens is 330 g/mol. The van der Waals surface area contributed by atoms with Gasteiger partial charge in [-0.2, -0.15) is 0 Å². The van der Waals surface area contributed by atoms with Crippen molar-refractivity contribution < 1.29 is 9.35 Å². The molecule has 4 heteroatoms. The molecule has 1 heterocycles. The Labute approximate surface area is 152 Å². The van der Waals surface area contributed by atoms with Crippen molar-refractivity contribution >= 4 is 34.9 Å². The average molecular weight is 353 g/mol. The first-order chi connectivity index (χ1) is 12.1. The first kappa shape index (κ1) is 17.8. The van der Waals surface area contributed by atoms with E-state index in [4.69, 9.17) is 0 Å². The van der Waals surface area contributed by atoms with E-state index in [0.29, 0.717) is 12.3 Å². The number of para-hydroxylation sites is 1. The fourth-order valence-corrected chi connectivity index (χ4v) is 4.26. The Hall–Kier alpha value is -2.04. The lowest BCUT2D eigenvalue weighted by Gasteiger charge is -2.26. The number of hydrogen-bond donors (Lipinski definition) is 0. The largest absolute Gasteiger partial charge is 0.611 e. The van der Waals surface area contributed by atoms with Crippen LogP contribution in [0.3, 0.4) is 0 Å². The molecule has 0 bridgehead atoms. The third-order valence-corrected chi connectivity index (χ3v) is 5.88. The van der Waals surface area contributed by atoms with Crippen molar-refractivity contribution in [3.05, 3.63) is 59.2 Å². The highest BCUT2D eigenvalue weighted by Gasteiger charge is 2.19. The smallest absolute Gasteiger partial charge is 0.224 e. The number of amides is 1. The van der Waals surface area contributed by atoms with Crippen LogP contribution in [0.2, 0.25) is 0 Å². The van der Waals surface area contributed by atoms with E-state index >= 15 is 0 Å². The molecule has 0 N–H and O–H groups in total. The van der Waals surface area contributed by atoms with Crippen LogP contribution < -0.4 is 4.90 Å². The molecule has 1 aliphatic heterocycles. The van der Waals surface area contributed by atoms with E-state index < -0.39 is 11.2 Å². The molecule has 3 rings (SSSR count). The van der Waals surface area contributed by atoms with Gasteiger partial charge in [0, 0.05) is 13.0 Å². The fraction of sp³-hybridized carbons (Fsp3) is 0.286. The van der Waals surface area contributed by atoms with E-state index in [9.17, 15) is 9.35 Å². The zero-order chi connectivity index (χ0) is 17.8. The van der Waals surface area contributed by atoms with Crippen LogP contribution in [-0.4, -0.2) is 16.2 Å². The van der Waals surface area contributed by atoms with Gasteiger partial charge in [-0.25, -0.2) is 0 Å². The van der Waals surface area contributed by atoms with E-state index in [1.807, 2.05) is 48.5 Å². The molecule has 3 nitrogen and oxygen atoms in total. The summed E-state index contributed by atoms with van der Waals surface area (Å²) in [6.07, 6.45) is 6.10. The lowest BCUT2D eigenvalue weighted by Crippen LogP contribution is -2.29. The van der Waals surface area contributed by atoms with Crippen molar-refractivity contribution in [2.75, 3.05) is 10.7 Å². The third kappa shape index (κ3) is 3.97. The summed E-state index contributed by atoms with van der Waals surface area (Å²) >= 11 is -0.968. The molecule has 1 atom stereocenters. The normalized spacial score (nSPS) is 15.6. The lowest BCUT2D eigenvalue weighted by molar-refractivity contribution is -0.116. The van der Waals surface area contributed by atoms with Crippen LogP contribution >= 0.6 is 0 Å². The van der Waals surface area contributed by atoms with Crippen molar-refractivity contribution in [2.24, 2.45) is 0 Å². The van der Waals surface area contributed by atoms with Gasteiger partial charge in [0.1, 0.15) is 5.75 Å². The van der Waals surface area contributed by atoms with Crippen molar-refractivity contribution in [1.82, 2.24) is 0 Å². The van der Waals surface area contributed by atoms with Crippen molar-refractivity contribution in [2.45, 2.75) is 38.1 Å². The summed E-state index contributed by atoms with van der Waals surface area (Å²) in [5.74, 6) is 0.714. The highest BCUT2D eigenvalue weighted by Crippen LogP contribution is 2.30. The standard InChI is InChI=1S/C21H23NO2S/c1-3-4-13-25(24)20-12-11-19-15-22(16(2)23)21-8-6-5-7-17(21)9-10-18(19)14-20/h5-12,14H,3-4,13,15H2,1-2H3/b10-9-. The van der Waals surface area contributed by atoms with Crippen LogP contribution in [0.5, 0.6) is 0 Å². The van der Waals surface area contributed by atoms with Crippen LogP contribution in [0, 0.1) is 0 Å². The van der Waals surface area contributed by atoms with Gasteiger partial charge < -0.3 is 9.45 Å².